The Morgan fingerprint density at radius 3 is 2.72 bits per heavy atom. The number of rotatable bonds is 6. The smallest absolute Gasteiger partial charge is 0.354 e. The van der Waals surface area contributed by atoms with E-state index in [-0.39, 0.29) is 16.8 Å². The topological polar surface area (TPSA) is 84.9 Å². The molecular weight excluding hydrogens is 370 g/mol. The first-order chi connectivity index (χ1) is 13.9. The van der Waals surface area contributed by atoms with Crippen molar-refractivity contribution in [3.63, 3.8) is 0 Å². The maximum Gasteiger partial charge on any atom is 0.354 e. The first-order valence-electron chi connectivity index (χ1n) is 11.0. The molecule has 1 aromatic heterocycles. The minimum Gasteiger partial charge on any atom is -0.477 e. The van der Waals surface area contributed by atoms with Crippen LogP contribution < -0.4 is 0 Å². The lowest BCUT2D eigenvalue weighted by molar-refractivity contribution is -0.110. The largest absolute Gasteiger partial charge is 0.477 e. The Labute approximate surface area is 173 Å². The molecule has 4 heterocycles. The molecule has 29 heavy (non-hydrogen) atoms. The molecule has 2 N–H and O–H groups in total. The SMILES string of the molecule is CC(C)(CN1CCOC2(CCN(Cc3cn[nH]c3C(=O)O)C2)C1)N1CCCCC1. The van der Waals surface area contributed by atoms with Crippen LogP contribution in [0, 0.1) is 0 Å². The number of morpholine rings is 1. The average Bonchev–Trinajstić information content (AvgIpc) is 3.30. The number of piperidine rings is 1. The first-order valence-corrected chi connectivity index (χ1v) is 11.0. The minimum atomic E-state index is -0.952. The van der Waals surface area contributed by atoms with Gasteiger partial charge in [0.25, 0.3) is 0 Å². The van der Waals surface area contributed by atoms with Gasteiger partial charge in [-0.25, -0.2) is 4.79 Å². The number of ether oxygens (including phenoxy) is 1. The van der Waals surface area contributed by atoms with E-state index >= 15 is 0 Å². The number of aromatic carboxylic acids is 1. The number of nitrogens with zero attached hydrogens (tertiary/aromatic N) is 4. The Kier molecular flexibility index (Phi) is 5.97. The fourth-order valence-corrected chi connectivity index (χ4v) is 5.37. The number of carboxylic acid groups (broad SMARTS) is 1. The highest BCUT2D eigenvalue weighted by Gasteiger charge is 2.44. The van der Waals surface area contributed by atoms with E-state index in [4.69, 9.17) is 4.74 Å². The minimum absolute atomic E-state index is 0.136. The predicted molar refractivity (Wildman–Crippen MR) is 110 cm³/mol. The molecule has 0 aromatic carbocycles. The summed E-state index contributed by atoms with van der Waals surface area (Å²) >= 11 is 0. The highest BCUT2D eigenvalue weighted by molar-refractivity contribution is 5.86. The van der Waals surface area contributed by atoms with Crippen LogP contribution in [0.1, 0.15) is 55.6 Å². The van der Waals surface area contributed by atoms with Crippen LogP contribution in [0.4, 0.5) is 0 Å². The molecule has 162 valence electrons. The zero-order valence-corrected chi connectivity index (χ0v) is 17.8. The molecule has 1 unspecified atom stereocenters. The van der Waals surface area contributed by atoms with Crippen molar-refractivity contribution >= 4 is 5.97 Å². The fraction of sp³-hybridized carbons (Fsp3) is 0.810. The van der Waals surface area contributed by atoms with Gasteiger partial charge in [-0.05, 0) is 46.2 Å². The van der Waals surface area contributed by atoms with Gasteiger partial charge in [-0.1, -0.05) is 6.42 Å². The Bertz CT molecular complexity index is 715. The number of carbonyl (C=O) groups is 1. The lowest BCUT2D eigenvalue weighted by Gasteiger charge is -2.47. The van der Waals surface area contributed by atoms with Crippen LogP contribution in [0.2, 0.25) is 0 Å². The van der Waals surface area contributed by atoms with E-state index in [1.54, 1.807) is 6.20 Å². The Hall–Kier alpha value is -1.48. The monoisotopic (exact) mass is 405 g/mol. The Balaban J connectivity index is 1.35. The molecule has 1 spiro atoms. The molecule has 3 aliphatic rings. The van der Waals surface area contributed by atoms with Gasteiger partial charge in [-0.15, -0.1) is 0 Å². The standard InChI is InChI=1S/C21H35N5O3/c1-20(2,26-7-4-3-5-8-26)14-25-10-11-29-21(16-25)6-9-24(15-21)13-17-12-22-23-18(17)19(27)28/h12H,3-11,13-16H2,1-2H3,(H,22,23)(H,27,28). The third kappa shape index (κ3) is 4.66. The van der Waals surface area contributed by atoms with Crippen LogP contribution in [0.15, 0.2) is 6.20 Å². The Morgan fingerprint density at radius 1 is 1.21 bits per heavy atom. The van der Waals surface area contributed by atoms with Crippen LogP contribution in [0.25, 0.3) is 0 Å². The van der Waals surface area contributed by atoms with Crippen molar-refractivity contribution in [2.45, 2.75) is 57.2 Å². The fourth-order valence-electron chi connectivity index (χ4n) is 5.37. The zero-order chi connectivity index (χ0) is 20.5. The number of H-pyrrole nitrogens is 1. The maximum absolute atomic E-state index is 11.3. The molecule has 8 heteroatoms. The molecule has 0 saturated carbocycles. The van der Waals surface area contributed by atoms with Crippen molar-refractivity contribution in [3.05, 3.63) is 17.5 Å². The van der Waals surface area contributed by atoms with E-state index in [0.717, 1.165) is 51.3 Å². The van der Waals surface area contributed by atoms with Crippen LogP contribution in [-0.2, 0) is 11.3 Å². The van der Waals surface area contributed by atoms with Gasteiger partial charge in [0.15, 0.2) is 0 Å². The normalized spacial score (nSPS) is 27.7. The van der Waals surface area contributed by atoms with E-state index in [1.807, 2.05) is 0 Å². The highest BCUT2D eigenvalue weighted by atomic mass is 16.5. The summed E-state index contributed by atoms with van der Waals surface area (Å²) in [7, 11) is 0. The quantitative estimate of drug-likeness (QED) is 0.744. The van der Waals surface area contributed by atoms with Crippen molar-refractivity contribution < 1.29 is 14.6 Å². The first kappa shape index (κ1) is 20.8. The molecule has 0 bridgehead atoms. The molecule has 3 saturated heterocycles. The van der Waals surface area contributed by atoms with E-state index in [0.29, 0.717) is 6.54 Å². The average molecular weight is 406 g/mol. The van der Waals surface area contributed by atoms with Gasteiger partial charge in [0.2, 0.25) is 0 Å². The van der Waals surface area contributed by atoms with Crippen LogP contribution in [0.3, 0.4) is 0 Å². The van der Waals surface area contributed by atoms with Crippen molar-refractivity contribution in [2.75, 3.05) is 52.4 Å². The summed E-state index contributed by atoms with van der Waals surface area (Å²) in [6.07, 6.45) is 6.62. The van der Waals surface area contributed by atoms with E-state index < -0.39 is 5.97 Å². The molecule has 0 amide bonds. The van der Waals surface area contributed by atoms with Gasteiger partial charge in [0.05, 0.1) is 18.4 Å². The number of nitrogens with one attached hydrogen (secondary N) is 1. The summed E-state index contributed by atoms with van der Waals surface area (Å²) in [5.74, 6) is -0.952. The molecule has 0 aliphatic carbocycles. The van der Waals surface area contributed by atoms with Crippen LogP contribution in [0.5, 0.6) is 0 Å². The van der Waals surface area contributed by atoms with Gasteiger partial charge in [-0.2, -0.15) is 5.10 Å². The molecule has 3 fully saturated rings. The van der Waals surface area contributed by atoms with Crippen LogP contribution in [-0.4, -0.2) is 99.5 Å². The van der Waals surface area contributed by atoms with Crippen molar-refractivity contribution in [1.82, 2.24) is 24.9 Å². The number of hydrogen-bond donors (Lipinski definition) is 2. The van der Waals surface area contributed by atoms with E-state index in [2.05, 4.69) is 38.7 Å². The predicted octanol–water partition coefficient (Wildman–Crippen LogP) is 1.65. The molecular formula is C21H35N5O3. The number of hydrogen-bond acceptors (Lipinski definition) is 6. The highest BCUT2D eigenvalue weighted by Crippen LogP contribution is 2.32. The summed E-state index contributed by atoms with van der Waals surface area (Å²) in [6.45, 7) is 13.4. The van der Waals surface area contributed by atoms with Crippen LogP contribution >= 0.6 is 0 Å². The second-order valence-corrected chi connectivity index (χ2v) is 9.64. The Morgan fingerprint density at radius 2 is 1.97 bits per heavy atom. The summed E-state index contributed by atoms with van der Waals surface area (Å²) < 4.78 is 6.31. The number of aromatic nitrogens is 2. The van der Waals surface area contributed by atoms with E-state index in [1.165, 1.54) is 32.4 Å². The number of likely N-dealkylation sites (tertiary alicyclic amines) is 2. The number of carboxylic acids is 1. The summed E-state index contributed by atoms with van der Waals surface area (Å²) in [6, 6.07) is 0. The molecule has 0 radical (unpaired) electrons. The second-order valence-electron chi connectivity index (χ2n) is 9.64. The van der Waals surface area contributed by atoms with Crippen molar-refractivity contribution in [1.29, 1.82) is 0 Å². The molecule has 3 aliphatic heterocycles. The summed E-state index contributed by atoms with van der Waals surface area (Å²) in [4.78, 5) is 18.9. The van der Waals surface area contributed by atoms with Gasteiger partial charge >= 0.3 is 5.97 Å². The number of aromatic amines is 1. The lowest BCUT2D eigenvalue weighted by Crippen LogP contribution is -2.59. The van der Waals surface area contributed by atoms with E-state index in [9.17, 15) is 9.90 Å². The molecule has 8 nitrogen and oxygen atoms in total. The van der Waals surface area contributed by atoms with Crippen molar-refractivity contribution in [3.8, 4) is 0 Å². The zero-order valence-electron chi connectivity index (χ0n) is 17.8. The van der Waals surface area contributed by atoms with Gasteiger partial charge in [-0.3, -0.25) is 19.8 Å². The lowest BCUT2D eigenvalue weighted by atomic mass is 9.95. The molecule has 1 aromatic rings. The van der Waals surface area contributed by atoms with Crippen molar-refractivity contribution in [2.24, 2.45) is 0 Å². The van der Waals surface area contributed by atoms with Gasteiger partial charge < -0.3 is 9.84 Å². The summed E-state index contributed by atoms with van der Waals surface area (Å²) in [5.41, 5.74) is 0.988. The maximum atomic E-state index is 11.3. The molecule has 4 rings (SSSR count). The third-order valence-electron chi connectivity index (χ3n) is 6.87. The van der Waals surface area contributed by atoms with Gasteiger partial charge in [0, 0.05) is 50.4 Å². The summed E-state index contributed by atoms with van der Waals surface area (Å²) in [5, 5.41) is 15.8. The van der Waals surface area contributed by atoms with Gasteiger partial charge in [0.1, 0.15) is 5.69 Å². The molecule has 1 atom stereocenters. The third-order valence-corrected chi connectivity index (χ3v) is 6.87. The second kappa shape index (κ2) is 8.34.